The Hall–Kier alpha value is -3.02. The highest BCUT2D eigenvalue weighted by Gasteiger charge is 2.33. The van der Waals surface area contributed by atoms with Crippen LogP contribution < -0.4 is 20.9 Å². The molecule has 6 nitrogen and oxygen atoms in total. The van der Waals surface area contributed by atoms with E-state index in [1.165, 1.54) is 0 Å². The van der Waals surface area contributed by atoms with Gasteiger partial charge in [-0.3, -0.25) is 10.2 Å². The number of amidine groups is 1. The van der Waals surface area contributed by atoms with Crippen LogP contribution in [0.3, 0.4) is 0 Å². The van der Waals surface area contributed by atoms with E-state index in [2.05, 4.69) is 0 Å². The van der Waals surface area contributed by atoms with Crippen molar-refractivity contribution in [3.05, 3.63) is 59.7 Å². The first-order valence-corrected chi connectivity index (χ1v) is 7.15. The molecule has 2 aromatic rings. The van der Waals surface area contributed by atoms with Crippen molar-refractivity contribution in [3.8, 4) is 11.5 Å². The molecule has 1 aliphatic heterocycles. The molecule has 1 heterocycles. The number of hydrogen-bond donors (Lipinski definition) is 3. The lowest BCUT2D eigenvalue weighted by Crippen LogP contribution is -2.34. The number of ether oxygens (including phenoxy) is 2. The van der Waals surface area contributed by atoms with E-state index in [0.29, 0.717) is 17.1 Å². The van der Waals surface area contributed by atoms with E-state index < -0.39 is 17.7 Å². The minimum absolute atomic E-state index is 0.128. The second kappa shape index (κ2) is 6.00. The Labute approximate surface area is 133 Å². The first-order chi connectivity index (χ1) is 11.1. The molecule has 3 rings (SSSR count). The molecule has 0 bridgehead atoms. The number of benzene rings is 2. The number of carbonyl (C=O) groups is 1. The largest absolute Gasteiger partial charge is 0.454 e. The molecule has 0 aliphatic carbocycles. The second-order valence-corrected chi connectivity index (χ2v) is 5.34. The molecule has 23 heavy (non-hydrogen) atoms. The number of fused-ring (bicyclic) bond motifs is 1. The first kappa shape index (κ1) is 14.9. The van der Waals surface area contributed by atoms with E-state index in [0.717, 1.165) is 5.56 Å². The fraction of sp³-hybridized carbons (Fsp3) is 0.176. The predicted molar refractivity (Wildman–Crippen MR) is 85.6 cm³/mol. The number of primary amides is 1. The van der Waals surface area contributed by atoms with Crippen molar-refractivity contribution < 1.29 is 14.3 Å². The number of nitrogens with two attached hydrogens (primary N) is 2. The van der Waals surface area contributed by atoms with Gasteiger partial charge in [-0.2, -0.15) is 0 Å². The molecule has 1 amide bonds. The molecular formula is C17H17N3O3. The van der Waals surface area contributed by atoms with Gasteiger partial charge in [0.25, 0.3) is 0 Å². The van der Waals surface area contributed by atoms with Crippen molar-refractivity contribution in [1.82, 2.24) is 0 Å². The summed E-state index contributed by atoms with van der Waals surface area (Å²) < 4.78 is 10.7. The molecule has 0 saturated heterocycles. The maximum Gasteiger partial charge on any atom is 0.231 e. The van der Waals surface area contributed by atoms with Gasteiger partial charge < -0.3 is 20.9 Å². The van der Waals surface area contributed by atoms with Crippen LogP contribution in [0.4, 0.5) is 0 Å². The summed E-state index contributed by atoms with van der Waals surface area (Å²) in [5.41, 5.74) is 12.8. The van der Waals surface area contributed by atoms with Gasteiger partial charge in [0.1, 0.15) is 0 Å². The summed E-state index contributed by atoms with van der Waals surface area (Å²) in [4.78, 5) is 12.1. The minimum Gasteiger partial charge on any atom is -0.454 e. The summed E-state index contributed by atoms with van der Waals surface area (Å²) >= 11 is 0. The van der Waals surface area contributed by atoms with Crippen LogP contribution in [0, 0.1) is 5.41 Å². The molecule has 0 fully saturated rings. The van der Waals surface area contributed by atoms with Crippen molar-refractivity contribution in [3.63, 3.8) is 0 Å². The van der Waals surface area contributed by atoms with E-state index in [1.807, 2.05) is 18.2 Å². The number of hydrogen-bond acceptors (Lipinski definition) is 4. The molecule has 1 aliphatic rings. The maximum atomic E-state index is 12.1. The van der Waals surface area contributed by atoms with Crippen LogP contribution in [0.25, 0.3) is 0 Å². The number of nitrogens with one attached hydrogen (secondary N) is 1. The summed E-state index contributed by atoms with van der Waals surface area (Å²) in [6.07, 6.45) is 0. The number of amides is 1. The quantitative estimate of drug-likeness (QED) is 0.576. The SMILES string of the molecule is N=C(N)C(c1ccc2c(c1)OCO2)C(C(N)=O)c1ccccc1. The molecular weight excluding hydrogens is 294 g/mol. The first-order valence-electron chi connectivity index (χ1n) is 7.15. The molecule has 6 heteroatoms. The van der Waals surface area contributed by atoms with Crippen LogP contribution in [0.5, 0.6) is 11.5 Å². The van der Waals surface area contributed by atoms with E-state index in [-0.39, 0.29) is 12.6 Å². The van der Waals surface area contributed by atoms with Crippen LogP contribution in [-0.2, 0) is 4.79 Å². The van der Waals surface area contributed by atoms with E-state index in [4.69, 9.17) is 26.4 Å². The van der Waals surface area contributed by atoms with Gasteiger partial charge in [0.15, 0.2) is 11.5 Å². The molecule has 5 N–H and O–H groups in total. The van der Waals surface area contributed by atoms with Gasteiger partial charge in [0.05, 0.1) is 17.7 Å². The van der Waals surface area contributed by atoms with Crippen molar-refractivity contribution >= 4 is 11.7 Å². The predicted octanol–water partition coefficient (Wildman–Crippen LogP) is 1.70. The fourth-order valence-electron chi connectivity index (χ4n) is 2.84. The summed E-state index contributed by atoms with van der Waals surface area (Å²) in [6, 6.07) is 14.4. The summed E-state index contributed by atoms with van der Waals surface area (Å²) in [5.74, 6) is -0.847. The molecule has 0 saturated carbocycles. The Balaban J connectivity index is 2.06. The highest BCUT2D eigenvalue weighted by atomic mass is 16.7. The standard InChI is InChI=1S/C17H17N3O3/c18-16(19)14(11-6-7-12-13(8-11)23-9-22-12)15(17(20)21)10-4-2-1-3-5-10/h1-8,14-15H,9H2,(H3,18,19)(H2,20,21). The van der Waals surface area contributed by atoms with E-state index >= 15 is 0 Å². The highest BCUT2D eigenvalue weighted by molar-refractivity contribution is 5.94. The summed E-state index contributed by atoms with van der Waals surface area (Å²) in [7, 11) is 0. The van der Waals surface area contributed by atoms with Gasteiger partial charge in [-0.25, -0.2) is 0 Å². The smallest absolute Gasteiger partial charge is 0.231 e. The topological polar surface area (TPSA) is 111 Å². The lowest BCUT2D eigenvalue weighted by atomic mass is 9.80. The van der Waals surface area contributed by atoms with Crippen molar-refractivity contribution in [2.24, 2.45) is 11.5 Å². The fourth-order valence-corrected chi connectivity index (χ4v) is 2.84. The van der Waals surface area contributed by atoms with E-state index in [1.54, 1.807) is 30.3 Å². The second-order valence-electron chi connectivity index (χ2n) is 5.34. The van der Waals surface area contributed by atoms with Crippen molar-refractivity contribution in [1.29, 1.82) is 5.41 Å². The zero-order chi connectivity index (χ0) is 16.4. The van der Waals surface area contributed by atoms with Crippen LogP contribution in [-0.4, -0.2) is 18.5 Å². The molecule has 2 unspecified atom stereocenters. The highest BCUT2D eigenvalue weighted by Crippen LogP contribution is 2.39. The van der Waals surface area contributed by atoms with Gasteiger partial charge in [0.2, 0.25) is 12.7 Å². The summed E-state index contributed by atoms with van der Waals surface area (Å²) in [5, 5.41) is 7.96. The molecule has 2 atom stereocenters. The summed E-state index contributed by atoms with van der Waals surface area (Å²) in [6.45, 7) is 0.154. The Morgan fingerprint density at radius 3 is 2.30 bits per heavy atom. The number of carbonyl (C=O) groups excluding carboxylic acids is 1. The lowest BCUT2D eigenvalue weighted by molar-refractivity contribution is -0.119. The Morgan fingerprint density at radius 2 is 1.65 bits per heavy atom. The van der Waals surface area contributed by atoms with E-state index in [9.17, 15) is 4.79 Å². The molecule has 0 aromatic heterocycles. The average Bonchev–Trinajstić information content (AvgIpc) is 3.00. The normalized spacial score (nSPS) is 15.0. The maximum absolute atomic E-state index is 12.1. The van der Waals surface area contributed by atoms with Gasteiger partial charge in [-0.05, 0) is 23.3 Å². The third-order valence-corrected chi connectivity index (χ3v) is 3.89. The number of rotatable bonds is 5. The Morgan fingerprint density at radius 1 is 0.957 bits per heavy atom. The van der Waals surface area contributed by atoms with Crippen molar-refractivity contribution in [2.45, 2.75) is 11.8 Å². The lowest BCUT2D eigenvalue weighted by Gasteiger charge is -2.24. The zero-order valence-corrected chi connectivity index (χ0v) is 12.4. The van der Waals surface area contributed by atoms with Crippen LogP contribution in [0.15, 0.2) is 48.5 Å². The third kappa shape index (κ3) is 2.83. The molecule has 0 spiro atoms. The van der Waals surface area contributed by atoms with Crippen LogP contribution >= 0.6 is 0 Å². The van der Waals surface area contributed by atoms with Crippen molar-refractivity contribution in [2.75, 3.05) is 6.79 Å². The van der Waals surface area contributed by atoms with Crippen LogP contribution in [0.1, 0.15) is 23.0 Å². The molecule has 118 valence electrons. The van der Waals surface area contributed by atoms with Gasteiger partial charge >= 0.3 is 0 Å². The average molecular weight is 311 g/mol. The Kier molecular flexibility index (Phi) is 3.89. The molecule has 2 aromatic carbocycles. The van der Waals surface area contributed by atoms with Crippen LogP contribution in [0.2, 0.25) is 0 Å². The third-order valence-electron chi connectivity index (χ3n) is 3.89. The monoisotopic (exact) mass is 311 g/mol. The zero-order valence-electron chi connectivity index (χ0n) is 12.4. The molecule has 0 radical (unpaired) electrons. The minimum atomic E-state index is -0.728. The van der Waals surface area contributed by atoms with Gasteiger partial charge in [0, 0.05) is 0 Å². The Bertz CT molecular complexity index is 746. The van der Waals surface area contributed by atoms with Gasteiger partial charge in [-0.1, -0.05) is 36.4 Å². The van der Waals surface area contributed by atoms with Gasteiger partial charge in [-0.15, -0.1) is 0 Å².